The van der Waals surface area contributed by atoms with Gasteiger partial charge in [0.05, 0.1) is 6.01 Å². The Hall–Kier alpha value is -0.620. The fraction of sp³-hybridized carbons (Fsp3) is 0.960. The minimum Gasteiger partial charge on any atom is -0.226 e. The average molecular weight is 379 g/mol. The lowest BCUT2D eigenvalue weighted by Crippen LogP contribution is -1.85. The van der Waals surface area contributed by atoms with Crippen LogP contribution in [0.5, 0.6) is 0 Å². The van der Waals surface area contributed by atoms with E-state index < -0.39 is 0 Å². The van der Waals surface area contributed by atoms with Crippen LogP contribution >= 0.6 is 0 Å². The van der Waals surface area contributed by atoms with Gasteiger partial charge < -0.3 is 0 Å². The van der Waals surface area contributed by atoms with Gasteiger partial charge in [-0.1, -0.05) is 129 Å². The van der Waals surface area contributed by atoms with Crippen LogP contribution < -0.4 is 0 Å². The van der Waals surface area contributed by atoms with Gasteiger partial charge in [0, 0.05) is 13.1 Å². The van der Waals surface area contributed by atoms with Crippen LogP contribution in [0.15, 0.2) is 9.98 Å². The Morgan fingerprint density at radius 1 is 0.370 bits per heavy atom. The third-order valence-corrected chi connectivity index (χ3v) is 5.39. The summed E-state index contributed by atoms with van der Waals surface area (Å²) in [6.07, 6.45) is 27.6. The molecule has 2 nitrogen and oxygen atoms in total. The molecule has 0 fully saturated rings. The summed E-state index contributed by atoms with van der Waals surface area (Å²) < 4.78 is 0. The zero-order valence-electron chi connectivity index (χ0n) is 19.0. The molecule has 0 spiro atoms. The van der Waals surface area contributed by atoms with Gasteiger partial charge in [-0.2, -0.15) is 0 Å². The van der Waals surface area contributed by atoms with Crippen molar-refractivity contribution in [3.63, 3.8) is 0 Å². The summed E-state index contributed by atoms with van der Waals surface area (Å²) in [7, 11) is 0. The monoisotopic (exact) mass is 378 g/mol. The summed E-state index contributed by atoms with van der Waals surface area (Å²) in [6, 6.07) is 2.90. The minimum absolute atomic E-state index is 0.915. The van der Waals surface area contributed by atoms with E-state index in [0.717, 1.165) is 13.1 Å². The first-order chi connectivity index (χ1) is 13.4. The number of hydrogen-bond donors (Lipinski definition) is 0. The van der Waals surface area contributed by atoms with Gasteiger partial charge in [0.1, 0.15) is 0 Å². The smallest absolute Gasteiger partial charge is 0.0892 e. The van der Waals surface area contributed by atoms with Gasteiger partial charge in [-0.05, 0) is 12.8 Å². The molecule has 0 saturated heterocycles. The first-order valence-electron chi connectivity index (χ1n) is 12.5. The van der Waals surface area contributed by atoms with Gasteiger partial charge in [-0.25, -0.2) is 9.98 Å². The molecule has 0 heterocycles. The predicted octanol–water partition coefficient (Wildman–Crippen LogP) is 9.00. The second-order valence-corrected chi connectivity index (χ2v) is 8.23. The van der Waals surface area contributed by atoms with Gasteiger partial charge in [0.15, 0.2) is 0 Å². The van der Waals surface area contributed by atoms with Crippen LogP contribution in [-0.4, -0.2) is 19.1 Å². The van der Waals surface area contributed by atoms with Crippen LogP contribution in [-0.2, 0) is 0 Å². The number of nitrogens with zero attached hydrogens (tertiary/aromatic N) is 2. The van der Waals surface area contributed by atoms with E-state index in [-0.39, 0.29) is 0 Å². The van der Waals surface area contributed by atoms with Gasteiger partial charge in [-0.3, -0.25) is 0 Å². The minimum atomic E-state index is 0.915. The maximum absolute atomic E-state index is 4.31. The summed E-state index contributed by atoms with van der Waals surface area (Å²) in [5.74, 6) is 0. The zero-order valence-corrected chi connectivity index (χ0v) is 19.0. The maximum atomic E-state index is 4.31. The van der Waals surface area contributed by atoms with Crippen molar-refractivity contribution >= 4 is 6.01 Å². The lowest BCUT2D eigenvalue weighted by Gasteiger charge is -2.01. The lowest BCUT2D eigenvalue weighted by molar-refractivity contribution is 0.558. The normalized spacial score (nSPS) is 10.7. The molecular formula is C25H50N2. The molecule has 0 rings (SSSR count). The Morgan fingerprint density at radius 3 is 0.926 bits per heavy atom. The van der Waals surface area contributed by atoms with Crippen LogP contribution in [0.4, 0.5) is 0 Å². The summed E-state index contributed by atoms with van der Waals surface area (Å²) in [5.41, 5.74) is 0. The second-order valence-electron chi connectivity index (χ2n) is 8.23. The van der Waals surface area contributed by atoms with E-state index in [9.17, 15) is 0 Å². The van der Waals surface area contributed by atoms with Crippen molar-refractivity contribution in [3.8, 4) is 0 Å². The highest BCUT2D eigenvalue weighted by atomic mass is 14.8. The summed E-state index contributed by atoms with van der Waals surface area (Å²) in [6.45, 7) is 6.40. The summed E-state index contributed by atoms with van der Waals surface area (Å²) in [4.78, 5) is 8.61. The molecule has 0 aromatic rings. The Balaban J connectivity index is 3.15. The standard InChI is InChI=1S/C25H50N2/c1-3-5-7-9-11-13-15-17-19-21-23-26-25-27-24-22-20-18-16-14-12-10-8-6-4-2/h3-24H2,1-2H3. The summed E-state index contributed by atoms with van der Waals surface area (Å²) in [5, 5.41) is 0. The zero-order chi connectivity index (χ0) is 19.7. The van der Waals surface area contributed by atoms with Crippen LogP contribution in [0.3, 0.4) is 0 Å². The maximum Gasteiger partial charge on any atom is 0.0892 e. The van der Waals surface area contributed by atoms with E-state index >= 15 is 0 Å². The van der Waals surface area contributed by atoms with E-state index in [1.54, 1.807) is 0 Å². The van der Waals surface area contributed by atoms with Crippen LogP contribution in [0, 0.1) is 0 Å². The predicted molar refractivity (Wildman–Crippen MR) is 123 cm³/mol. The molecule has 0 radical (unpaired) electrons. The molecule has 0 aromatic heterocycles. The lowest BCUT2D eigenvalue weighted by atomic mass is 10.1. The van der Waals surface area contributed by atoms with Gasteiger partial charge >= 0.3 is 0 Å². The fourth-order valence-electron chi connectivity index (χ4n) is 3.51. The number of rotatable bonds is 22. The van der Waals surface area contributed by atoms with E-state index in [4.69, 9.17) is 0 Å². The quantitative estimate of drug-likeness (QED) is 0.133. The molecule has 0 bridgehead atoms. The van der Waals surface area contributed by atoms with E-state index in [1.807, 2.05) is 0 Å². The average Bonchev–Trinajstić information content (AvgIpc) is 2.68. The molecule has 27 heavy (non-hydrogen) atoms. The topological polar surface area (TPSA) is 24.7 Å². The molecule has 0 amide bonds. The molecule has 0 N–H and O–H groups in total. The first kappa shape index (κ1) is 26.4. The van der Waals surface area contributed by atoms with Crippen molar-refractivity contribution in [1.29, 1.82) is 0 Å². The molecular weight excluding hydrogens is 328 g/mol. The highest BCUT2D eigenvalue weighted by Gasteiger charge is 1.93. The largest absolute Gasteiger partial charge is 0.226 e. The van der Waals surface area contributed by atoms with E-state index in [2.05, 4.69) is 29.8 Å². The van der Waals surface area contributed by atoms with Crippen molar-refractivity contribution < 1.29 is 0 Å². The molecule has 0 atom stereocenters. The van der Waals surface area contributed by atoms with Crippen molar-refractivity contribution in [2.24, 2.45) is 9.98 Å². The number of unbranched alkanes of at least 4 members (excludes halogenated alkanes) is 18. The number of hydrogen-bond acceptors (Lipinski definition) is 2. The van der Waals surface area contributed by atoms with Gasteiger partial charge in [0.25, 0.3) is 0 Å². The van der Waals surface area contributed by atoms with Crippen molar-refractivity contribution in [3.05, 3.63) is 0 Å². The highest BCUT2D eigenvalue weighted by molar-refractivity contribution is 5.40. The van der Waals surface area contributed by atoms with Crippen molar-refractivity contribution in [2.75, 3.05) is 13.1 Å². The second kappa shape index (κ2) is 25.4. The molecule has 0 aromatic carbocycles. The SMILES string of the molecule is CCCCCCCCCCCCN=C=NCCCCCCCCCCCC. The van der Waals surface area contributed by atoms with Crippen LogP contribution in [0.2, 0.25) is 0 Å². The Labute approximate surface area is 171 Å². The van der Waals surface area contributed by atoms with Crippen molar-refractivity contribution in [1.82, 2.24) is 0 Å². The van der Waals surface area contributed by atoms with Crippen LogP contribution in [0.1, 0.15) is 142 Å². The fourth-order valence-corrected chi connectivity index (χ4v) is 3.51. The molecule has 160 valence electrons. The van der Waals surface area contributed by atoms with E-state index in [0.29, 0.717) is 0 Å². The van der Waals surface area contributed by atoms with Crippen LogP contribution in [0.25, 0.3) is 0 Å². The summed E-state index contributed by atoms with van der Waals surface area (Å²) >= 11 is 0. The molecule has 0 aliphatic carbocycles. The Bertz CT molecular complexity index is 290. The highest BCUT2D eigenvalue weighted by Crippen LogP contribution is 2.11. The van der Waals surface area contributed by atoms with Gasteiger partial charge in [0.2, 0.25) is 0 Å². The molecule has 0 aliphatic heterocycles. The first-order valence-corrected chi connectivity index (χ1v) is 12.5. The molecule has 0 unspecified atom stereocenters. The van der Waals surface area contributed by atoms with Gasteiger partial charge in [-0.15, -0.1) is 0 Å². The molecule has 0 aliphatic rings. The Kier molecular flexibility index (Phi) is 24.8. The van der Waals surface area contributed by atoms with E-state index in [1.165, 1.54) is 128 Å². The molecule has 0 saturated carbocycles. The third kappa shape index (κ3) is 25.4. The third-order valence-electron chi connectivity index (χ3n) is 5.39. The number of aliphatic imine (C=N–C) groups is 2. The van der Waals surface area contributed by atoms with Crippen molar-refractivity contribution in [2.45, 2.75) is 142 Å². The molecule has 2 heteroatoms. The Morgan fingerprint density at radius 2 is 0.630 bits per heavy atom.